The van der Waals surface area contributed by atoms with Gasteiger partial charge >= 0.3 is 0 Å². The van der Waals surface area contributed by atoms with Crippen LogP contribution in [-0.2, 0) is 0 Å². The van der Waals surface area contributed by atoms with Crippen LogP contribution in [0.4, 0.5) is 0 Å². The second kappa shape index (κ2) is 4.60. The van der Waals surface area contributed by atoms with Gasteiger partial charge in [0.2, 0.25) is 0 Å². The van der Waals surface area contributed by atoms with Gasteiger partial charge in [-0.15, -0.1) is 0 Å². The maximum Gasteiger partial charge on any atom is 0.137 e. The first-order valence-corrected chi connectivity index (χ1v) is 5.57. The summed E-state index contributed by atoms with van der Waals surface area (Å²) in [6, 6.07) is 2.07. The number of nitrogens with zero attached hydrogens (tertiary/aromatic N) is 2. The van der Waals surface area contributed by atoms with E-state index in [1.165, 1.54) is 5.56 Å². The molecule has 0 saturated carbocycles. The molecule has 2 aromatic heterocycles. The first-order chi connectivity index (χ1) is 6.68. The third-order valence-corrected chi connectivity index (χ3v) is 2.81. The molecule has 0 aromatic carbocycles. The Labute approximate surface area is 93.1 Å². The number of fused-ring (bicyclic) bond motifs is 1. The van der Waals surface area contributed by atoms with Crippen LogP contribution >= 0.6 is 15.9 Å². The standard InChI is InChI=1S/C9H9BrN2.C2H6/c1-6-3-9-11-4-7(2)12(9)5-8(6)10;1-2/h3-5H,1-2H3;1-2H3. The second-order valence-electron chi connectivity index (χ2n) is 2.93. The molecule has 2 heterocycles. The zero-order valence-electron chi connectivity index (χ0n) is 9.00. The van der Waals surface area contributed by atoms with E-state index in [0.29, 0.717) is 0 Å². The third kappa shape index (κ3) is 1.98. The number of pyridine rings is 1. The van der Waals surface area contributed by atoms with Gasteiger partial charge in [0.05, 0.1) is 0 Å². The van der Waals surface area contributed by atoms with Crippen LogP contribution in [0.5, 0.6) is 0 Å². The van der Waals surface area contributed by atoms with Crippen LogP contribution in [0.2, 0.25) is 0 Å². The van der Waals surface area contributed by atoms with Gasteiger partial charge in [0.25, 0.3) is 0 Å². The minimum Gasteiger partial charge on any atom is -0.303 e. The summed E-state index contributed by atoms with van der Waals surface area (Å²) >= 11 is 3.49. The molecule has 0 spiro atoms. The van der Waals surface area contributed by atoms with E-state index in [2.05, 4.69) is 38.3 Å². The number of rotatable bonds is 0. The first-order valence-electron chi connectivity index (χ1n) is 4.78. The quantitative estimate of drug-likeness (QED) is 0.701. The van der Waals surface area contributed by atoms with Crippen molar-refractivity contribution in [3.63, 3.8) is 0 Å². The Balaban J connectivity index is 0.000000461. The summed E-state index contributed by atoms with van der Waals surface area (Å²) in [5.74, 6) is 0. The average molecular weight is 255 g/mol. The number of hydrogen-bond donors (Lipinski definition) is 0. The molecule has 0 aliphatic carbocycles. The fraction of sp³-hybridized carbons (Fsp3) is 0.364. The highest BCUT2D eigenvalue weighted by molar-refractivity contribution is 9.10. The molecule has 0 bridgehead atoms. The number of aromatic nitrogens is 2. The van der Waals surface area contributed by atoms with Crippen molar-refractivity contribution in [2.75, 3.05) is 0 Å². The van der Waals surface area contributed by atoms with E-state index in [1.54, 1.807) is 0 Å². The minimum absolute atomic E-state index is 1.01. The molecule has 0 atom stereocenters. The minimum atomic E-state index is 1.01. The van der Waals surface area contributed by atoms with E-state index in [0.717, 1.165) is 15.8 Å². The van der Waals surface area contributed by atoms with Crippen LogP contribution < -0.4 is 0 Å². The summed E-state index contributed by atoms with van der Waals surface area (Å²) < 4.78 is 3.19. The Hall–Kier alpha value is -0.830. The van der Waals surface area contributed by atoms with Crippen LogP contribution in [0.15, 0.2) is 22.9 Å². The fourth-order valence-electron chi connectivity index (χ4n) is 1.22. The van der Waals surface area contributed by atoms with E-state index >= 15 is 0 Å². The first kappa shape index (κ1) is 11.2. The molecule has 0 saturated heterocycles. The van der Waals surface area contributed by atoms with Crippen LogP contribution in [0.25, 0.3) is 5.65 Å². The van der Waals surface area contributed by atoms with Crippen molar-refractivity contribution in [2.24, 2.45) is 0 Å². The fourth-order valence-corrected chi connectivity index (χ4v) is 1.54. The summed E-state index contributed by atoms with van der Waals surface area (Å²) in [5.41, 5.74) is 3.38. The summed E-state index contributed by atoms with van der Waals surface area (Å²) in [7, 11) is 0. The maximum absolute atomic E-state index is 4.26. The predicted octanol–water partition coefficient (Wildman–Crippen LogP) is 3.74. The Bertz CT molecular complexity index is 432. The lowest BCUT2D eigenvalue weighted by atomic mass is 10.3. The maximum atomic E-state index is 4.26. The Morgan fingerprint density at radius 2 is 1.93 bits per heavy atom. The molecule has 2 nitrogen and oxygen atoms in total. The lowest BCUT2D eigenvalue weighted by molar-refractivity contribution is 1.09. The van der Waals surface area contributed by atoms with E-state index in [9.17, 15) is 0 Å². The predicted molar refractivity (Wildman–Crippen MR) is 63.7 cm³/mol. The molecule has 0 aliphatic rings. The van der Waals surface area contributed by atoms with E-state index in [-0.39, 0.29) is 0 Å². The molecule has 0 amide bonds. The van der Waals surface area contributed by atoms with Crippen LogP contribution in [0.1, 0.15) is 25.1 Å². The van der Waals surface area contributed by atoms with E-state index in [4.69, 9.17) is 0 Å². The van der Waals surface area contributed by atoms with Gasteiger partial charge < -0.3 is 4.40 Å². The van der Waals surface area contributed by atoms with E-state index in [1.807, 2.05) is 33.2 Å². The highest BCUT2D eigenvalue weighted by atomic mass is 79.9. The van der Waals surface area contributed by atoms with Gasteiger partial charge in [0.1, 0.15) is 5.65 Å². The van der Waals surface area contributed by atoms with Gasteiger partial charge in [-0.3, -0.25) is 0 Å². The van der Waals surface area contributed by atoms with Gasteiger partial charge in [-0.25, -0.2) is 4.98 Å². The molecule has 2 rings (SSSR count). The van der Waals surface area contributed by atoms with Gasteiger partial charge in [0.15, 0.2) is 0 Å². The van der Waals surface area contributed by atoms with Crippen molar-refractivity contribution in [2.45, 2.75) is 27.7 Å². The molecule has 14 heavy (non-hydrogen) atoms. The number of imidazole rings is 1. The average Bonchev–Trinajstić information content (AvgIpc) is 2.53. The Morgan fingerprint density at radius 3 is 2.57 bits per heavy atom. The summed E-state index contributed by atoms with van der Waals surface area (Å²) in [6.45, 7) is 8.11. The summed E-state index contributed by atoms with van der Waals surface area (Å²) in [6.07, 6.45) is 3.92. The number of hydrogen-bond acceptors (Lipinski definition) is 1. The molecular formula is C11H15BrN2. The van der Waals surface area contributed by atoms with Crippen LogP contribution in [0.3, 0.4) is 0 Å². The molecular weight excluding hydrogens is 240 g/mol. The van der Waals surface area contributed by atoms with Gasteiger partial charge in [0, 0.05) is 22.6 Å². The smallest absolute Gasteiger partial charge is 0.137 e. The zero-order valence-corrected chi connectivity index (χ0v) is 10.6. The second-order valence-corrected chi connectivity index (χ2v) is 3.79. The summed E-state index contributed by atoms with van der Waals surface area (Å²) in [4.78, 5) is 4.26. The van der Waals surface area contributed by atoms with Crippen molar-refractivity contribution in [3.05, 3.63) is 34.2 Å². The highest BCUT2D eigenvalue weighted by Crippen LogP contribution is 2.18. The molecule has 76 valence electrons. The van der Waals surface area contributed by atoms with Crippen molar-refractivity contribution >= 4 is 21.6 Å². The van der Waals surface area contributed by atoms with Crippen LogP contribution in [0, 0.1) is 13.8 Å². The zero-order chi connectivity index (χ0) is 10.7. The van der Waals surface area contributed by atoms with Gasteiger partial charge in [-0.05, 0) is 41.4 Å². The molecule has 2 aromatic rings. The molecule has 3 heteroatoms. The molecule has 0 unspecified atom stereocenters. The lowest BCUT2D eigenvalue weighted by Gasteiger charge is -2.00. The molecule has 0 N–H and O–H groups in total. The number of halogens is 1. The number of aryl methyl sites for hydroxylation is 2. The van der Waals surface area contributed by atoms with Gasteiger partial charge in [-0.1, -0.05) is 13.8 Å². The van der Waals surface area contributed by atoms with Crippen molar-refractivity contribution in [3.8, 4) is 0 Å². The summed E-state index contributed by atoms with van der Waals surface area (Å²) in [5, 5.41) is 0. The molecule has 0 radical (unpaired) electrons. The third-order valence-electron chi connectivity index (χ3n) is 1.98. The lowest BCUT2D eigenvalue weighted by Crippen LogP contribution is -1.88. The monoisotopic (exact) mass is 254 g/mol. The SMILES string of the molecule is CC.Cc1cc2ncc(C)n2cc1Br. The normalized spacial score (nSPS) is 9.79. The largest absolute Gasteiger partial charge is 0.303 e. The molecule has 0 fully saturated rings. The Morgan fingerprint density at radius 1 is 1.29 bits per heavy atom. The van der Waals surface area contributed by atoms with Gasteiger partial charge in [-0.2, -0.15) is 0 Å². The Kier molecular flexibility index (Phi) is 3.69. The topological polar surface area (TPSA) is 17.3 Å². The highest BCUT2D eigenvalue weighted by Gasteiger charge is 2.01. The molecule has 0 aliphatic heterocycles. The van der Waals surface area contributed by atoms with Crippen molar-refractivity contribution in [1.82, 2.24) is 9.38 Å². The van der Waals surface area contributed by atoms with Crippen molar-refractivity contribution < 1.29 is 0 Å². The van der Waals surface area contributed by atoms with Crippen LogP contribution in [-0.4, -0.2) is 9.38 Å². The van der Waals surface area contributed by atoms with Crippen molar-refractivity contribution in [1.29, 1.82) is 0 Å². The van der Waals surface area contributed by atoms with E-state index < -0.39 is 0 Å².